The third-order valence-electron chi connectivity index (χ3n) is 0.243. The molecule has 0 aromatic heterocycles. The molecule has 0 aliphatic rings. The van der Waals surface area contributed by atoms with E-state index in [1.165, 1.54) is 0 Å². The summed E-state index contributed by atoms with van der Waals surface area (Å²) in [6, 6.07) is 0. The Hall–Kier alpha value is 1.19. The summed E-state index contributed by atoms with van der Waals surface area (Å²) in [5, 5.41) is 3.26. The fourth-order valence-corrected chi connectivity index (χ4v) is 0. The van der Waals surface area contributed by atoms with Crippen LogP contribution in [0.15, 0.2) is 0 Å². The Morgan fingerprint density at radius 3 is 1.60 bits per heavy atom. The molecular weight excluding hydrogens is 200 g/mol. The first-order valence-electron chi connectivity index (χ1n) is 1.24. The third-order valence-corrected chi connectivity index (χ3v) is 0.404. The van der Waals surface area contributed by atoms with E-state index in [1.54, 1.807) is 0 Å². The van der Waals surface area contributed by atoms with Crippen molar-refractivity contribution in [3.63, 3.8) is 0 Å². The Morgan fingerprint density at radius 2 is 1.60 bits per heavy atom. The van der Waals surface area contributed by atoms with Crippen molar-refractivity contribution in [2.75, 3.05) is 0 Å². The Balaban J connectivity index is -0.0000000600. The van der Waals surface area contributed by atoms with Crippen LogP contribution in [0, 0.1) is 7.43 Å². The molecule has 0 aliphatic carbocycles. The number of hydrogen-bond donors (Lipinski definition) is 1. The molecule has 0 radical (unpaired) electrons. The number of carboxylic acid groups (broad SMARTS) is 1. The fourth-order valence-electron chi connectivity index (χ4n) is 0. The molecule has 0 aliphatic heterocycles. The van der Waals surface area contributed by atoms with Crippen molar-refractivity contribution in [1.82, 2.24) is 0 Å². The largest absolute Gasteiger partial charge is 1.00 e. The van der Waals surface area contributed by atoms with Crippen molar-refractivity contribution in [2.24, 2.45) is 0 Å². The first-order valence-corrected chi connectivity index (χ1v) is 1.62. The van der Waals surface area contributed by atoms with E-state index in [0.717, 1.165) is 0 Å². The van der Waals surface area contributed by atoms with Gasteiger partial charge in [-0.05, 0) is 11.6 Å². The van der Waals surface area contributed by atoms with Crippen molar-refractivity contribution in [3.05, 3.63) is 7.43 Å². The summed E-state index contributed by atoms with van der Waals surface area (Å²) in [7, 11) is 0. The van der Waals surface area contributed by atoms with E-state index in [-0.39, 0.29) is 63.5 Å². The maximum absolute atomic E-state index is 11.0. The zero-order valence-electron chi connectivity index (χ0n) is 5.40. The van der Waals surface area contributed by atoms with Crippen LogP contribution in [0.1, 0.15) is 0 Å². The summed E-state index contributed by atoms with van der Waals surface area (Å²) < 4.78 is 22.0. The Labute approximate surface area is 104 Å². The smallest absolute Gasteiger partial charge is 0.476 e. The van der Waals surface area contributed by atoms with E-state index in [1.807, 2.05) is 0 Å². The Morgan fingerprint density at radius 1 is 1.50 bits per heavy atom. The third kappa shape index (κ3) is 11.9. The quantitative estimate of drug-likeness (QED) is 0.321. The molecule has 1 N–H and O–H groups in total. The van der Waals surface area contributed by atoms with Crippen LogP contribution in [0.4, 0.5) is 13.5 Å². The van der Waals surface area contributed by atoms with Crippen molar-refractivity contribution in [1.29, 1.82) is 0 Å². The van der Waals surface area contributed by atoms with Gasteiger partial charge in [0.2, 0.25) is 0 Å². The summed E-state index contributed by atoms with van der Waals surface area (Å²) in [4.78, 5) is 9.14. The normalized spacial score (nSPS) is 7.90. The van der Waals surface area contributed by atoms with Crippen LogP contribution >= 0.6 is 11.6 Å². The van der Waals surface area contributed by atoms with Crippen molar-refractivity contribution < 1.29 is 74.8 Å². The van der Waals surface area contributed by atoms with Crippen LogP contribution in [-0.4, -0.2) is 16.5 Å². The van der Waals surface area contributed by atoms with Gasteiger partial charge in [0.1, 0.15) is 0 Å². The molecule has 2 nitrogen and oxygen atoms in total. The zero-order chi connectivity index (χ0) is 6.08. The van der Waals surface area contributed by atoms with Gasteiger partial charge in [-0.2, -0.15) is 8.78 Å². The molecule has 10 heavy (non-hydrogen) atoms. The minimum Gasteiger partial charge on any atom is -0.476 e. The molecule has 0 atom stereocenters. The molecule has 0 saturated carbocycles. The predicted octanol–water partition coefficient (Wildman–Crippen LogP) is -1.49. The van der Waals surface area contributed by atoms with E-state index in [4.69, 9.17) is 9.90 Å². The van der Waals surface area contributed by atoms with Gasteiger partial charge in [0.25, 0.3) is 0 Å². The monoisotopic (exact) mass is 204 g/mol. The van der Waals surface area contributed by atoms with Gasteiger partial charge >= 0.3 is 62.7 Å². The number of alkyl halides is 3. The standard InChI is InChI=1S/C2HClF2O2.CH3.FH.K/c3-2(4,5)1(6)7;;;/h(H,6,7);1H3;1H;/q;-1;;+1. The van der Waals surface area contributed by atoms with Gasteiger partial charge in [-0.1, -0.05) is 0 Å². The number of carboxylic acids is 1. The second-order valence-corrected chi connectivity index (χ2v) is 1.28. The predicted molar refractivity (Wildman–Crippen MR) is 27.4 cm³/mol. The molecule has 0 aromatic rings. The minimum absolute atomic E-state index is 0. The molecular formula is C3H5ClF3KO2. The molecule has 0 saturated heterocycles. The number of aliphatic carboxylic acids is 1. The summed E-state index contributed by atoms with van der Waals surface area (Å²) in [5.41, 5.74) is 0. The van der Waals surface area contributed by atoms with Gasteiger partial charge in [-0.15, -0.1) is 0 Å². The number of halogens is 4. The first-order chi connectivity index (χ1) is 2.94. The average Bonchev–Trinajstić information content (AvgIpc) is 1.31. The second-order valence-electron chi connectivity index (χ2n) is 0.803. The molecule has 0 rings (SSSR count). The van der Waals surface area contributed by atoms with E-state index in [2.05, 4.69) is 11.6 Å². The maximum atomic E-state index is 11.0. The molecule has 0 fully saturated rings. The fraction of sp³-hybridized carbons (Fsp3) is 0.333. The maximum Gasteiger partial charge on any atom is 1.00 e. The van der Waals surface area contributed by atoms with E-state index in [0.29, 0.717) is 0 Å². The Bertz CT molecular complexity index is 94.2. The van der Waals surface area contributed by atoms with Crippen LogP contribution in [0.2, 0.25) is 0 Å². The van der Waals surface area contributed by atoms with E-state index in [9.17, 15) is 8.78 Å². The van der Waals surface area contributed by atoms with Gasteiger partial charge in [-0.3, -0.25) is 4.70 Å². The summed E-state index contributed by atoms with van der Waals surface area (Å²) in [6.45, 7) is 0. The van der Waals surface area contributed by atoms with Crippen LogP contribution in [0.3, 0.4) is 0 Å². The van der Waals surface area contributed by atoms with Crippen molar-refractivity contribution in [2.45, 2.75) is 5.38 Å². The summed E-state index contributed by atoms with van der Waals surface area (Å²) in [6.07, 6.45) is 0. The van der Waals surface area contributed by atoms with Gasteiger partial charge in [-0.25, -0.2) is 4.79 Å². The molecule has 0 spiro atoms. The Kier molecular flexibility index (Phi) is 18.6. The second kappa shape index (κ2) is 8.28. The topological polar surface area (TPSA) is 37.3 Å². The number of hydrogen-bond acceptors (Lipinski definition) is 1. The molecule has 58 valence electrons. The minimum atomic E-state index is -4.11. The van der Waals surface area contributed by atoms with E-state index < -0.39 is 11.4 Å². The first kappa shape index (κ1) is 22.5. The zero-order valence-corrected chi connectivity index (χ0v) is 9.28. The SMILES string of the molecule is F.O=C(O)C(F)(F)Cl.[CH3-].[K+]. The van der Waals surface area contributed by atoms with Crippen molar-refractivity contribution >= 4 is 17.6 Å². The van der Waals surface area contributed by atoms with Crippen LogP contribution in [0.25, 0.3) is 0 Å². The van der Waals surface area contributed by atoms with E-state index >= 15 is 0 Å². The van der Waals surface area contributed by atoms with Crippen LogP contribution < -0.4 is 51.4 Å². The van der Waals surface area contributed by atoms with Crippen LogP contribution in [-0.2, 0) is 4.79 Å². The number of rotatable bonds is 1. The molecule has 0 amide bonds. The summed E-state index contributed by atoms with van der Waals surface area (Å²) in [5.74, 6) is -2.32. The molecule has 0 bridgehead atoms. The molecule has 7 heteroatoms. The van der Waals surface area contributed by atoms with Gasteiger partial charge in [0.05, 0.1) is 0 Å². The molecule has 0 aromatic carbocycles. The average molecular weight is 205 g/mol. The number of carbonyl (C=O) groups is 1. The summed E-state index contributed by atoms with van der Waals surface area (Å²) >= 11 is 3.94. The van der Waals surface area contributed by atoms with Crippen LogP contribution in [0.5, 0.6) is 0 Å². The van der Waals surface area contributed by atoms with Gasteiger partial charge < -0.3 is 12.5 Å². The van der Waals surface area contributed by atoms with Gasteiger partial charge in [0.15, 0.2) is 0 Å². The van der Waals surface area contributed by atoms with Crippen molar-refractivity contribution in [3.8, 4) is 0 Å². The molecule has 0 unspecified atom stereocenters. The molecule has 0 heterocycles. The van der Waals surface area contributed by atoms with Gasteiger partial charge in [0, 0.05) is 0 Å².